The van der Waals surface area contributed by atoms with Crippen molar-refractivity contribution in [3.63, 3.8) is 0 Å². The fourth-order valence-corrected chi connectivity index (χ4v) is 3.70. The molecule has 1 saturated carbocycles. The van der Waals surface area contributed by atoms with Gasteiger partial charge in [0.1, 0.15) is 0 Å². The fourth-order valence-electron chi connectivity index (χ4n) is 2.67. The molecule has 2 unspecified atom stereocenters. The average molecular weight is 309 g/mol. The summed E-state index contributed by atoms with van der Waals surface area (Å²) < 4.78 is 0. The largest absolute Gasteiger partial charge is 0.355 e. The van der Waals surface area contributed by atoms with E-state index in [4.69, 9.17) is 5.73 Å². The van der Waals surface area contributed by atoms with Crippen LogP contribution in [0, 0.1) is 5.92 Å². The van der Waals surface area contributed by atoms with Crippen molar-refractivity contribution in [2.75, 3.05) is 6.54 Å². The van der Waals surface area contributed by atoms with Crippen LogP contribution in [0.5, 0.6) is 0 Å². The van der Waals surface area contributed by atoms with E-state index in [1.54, 1.807) is 11.3 Å². The summed E-state index contributed by atoms with van der Waals surface area (Å²) in [4.78, 5) is 16.8. The second-order valence-corrected chi connectivity index (χ2v) is 7.98. The van der Waals surface area contributed by atoms with Gasteiger partial charge in [0, 0.05) is 35.7 Å². The minimum Gasteiger partial charge on any atom is -0.355 e. The van der Waals surface area contributed by atoms with Crippen molar-refractivity contribution >= 4 is 17.2 Å². The summed E-state index contributed by atoms with van der Waals surface area (Å²) in [6.45, 7) is 7.17. The highest BCUT2D eigenvalue weighted by atomic mass is 32.1. The van der Waals surface area contributed by atoms with Crippen LogP contribution in [0.25, 0.3) is 0 Å². The van der Waals surface area contributed by atoms with E-state index in [9.17, 15) is 4.79 Å². The summed E-state index contributed by atoms with van der Waals surface area (Å²) >= 11 is 1.68. The molecular formula is C16H27N3OS. The first-order valence-electron chi connectivity index (χ1n) is 7.84. The zero-order valence-electron chi connectivity index (χ0n) is 13.3. The summed E-state index contributed by atoms with van der Waals surface area (Å²) in [5.74, 6) is 0.271. The highest BCUT2D eigenvalue weighted by Gasteiger charge is 2.25. The summed E-state index contributed by atoms with van der Waals surface area (Å²) in [7, 11) is 0. The minimum atomic E-state index is 0.0935. The van der Waals surface area contributed by atoms with Gasteiger partial charge in [0.05, 0.1) is 10.7 Å². The molecular weight excluding hydrogens is 282 g/mol. The standard InChI is InChI=1S/C16H27N3OS/c1-16(2,3)13-10-21-14(19-13)7-8-18-15(20)11-5-4-6-12(17)9-11/h10-12H,4-9,17H2,1-3H3,(H,18,20). The first-order valence-corrected chi connectivity index (χ1v) is 8.72. The molecule has 0 aromatic carbocycles. The highest BCUT2D eigenvalue weighted by molar-refractivity contribution is 7.09. The number of rotatable bonds is 4. The van der Waals surface area contributed by atoms with E-state index >= 15 is 0 Å². The van der Waals surface area contributed by atoms with Crippen LogP contribution >= 0.6 is 11.3 Å². The minimum absolute atomic E-state index is 0.0935. The van der Waals surface area contributed by atoms with Crippen molar-refractivity contribution in [1.29, 1.82) is 0 Å². The topological polar surface area (TPSA) is 68.0 Å². The van der Waals surface area contributed by atoms with E-state index in [0.29, 0.717) is 6.54 Å². The lowest BCUT2D eigenvalue weighted by molar-refractivity contribution is -0.126. The molecule has 2 rings (SSSR count). The zero-order valence-corrected chi connectivity index (χ0v) is 14.1. The maximum absolute atomic E-state index is 12.1. The maximum atomic E-state index is 12.1. The van der Waals surface area contributed by atoms with E-state index in [-0.39, 0.29) is 23.3 Å². The van der Waals surface area contributed by atoms with E-state index in [0.717, 1.165) is 42.8 Å². The van der Waals surface area contributed by atoms with E-state index in [1.807, 2.05) is 0 Å². The molecule has 1 aliphatic carbocycles. The van der Waals surface area contributed by atoms with Gasteiger partial charge in [0.25, 0.3) is 0 Å². The zero-order chi connectivity index (χ0) is 15.5. The third kappa shape index (κ3) is 4.78. The van der Waals surface area contributed by atoms with Gasteiger partial charge in [-0.05, 0) is 19.3 Å². The Morgan fingerprint density at radius 3 is 2.86 bits per heavy atom. The Kier molecular flexibility index (Phi) is 5.38. The van der Waals surface area contributed by atoms with Crippen LogP contribution in [0.1, 0.15) is 57.2 Å². The highest BCUT2D eigenvalue weighted by Crippen LogP contribution is 2.24. The van der Waals surface area contributed by atoms with E-state index in [2.05, 4.69) is 36.5 Å². The van der Waals surface area contributed by atoms with Crippen LogP contribution in [-0.2, 0) is 16.6 Å². The number of carbonyl (C=O) groups is 1. The van der Waals surface area contributed by atoms with Crippen molar-refractivity contribution in [3.05, 3.63) is 16.1 Å². The molecule has 0 spiro atoms. The van der Waals surface area contributed by atoms with Crippen molar-refractivity contribution in [3.8, 4) is 0 Å². The quantitative estimate of drug-likeness (QED) is 0.898. The van der Waals surface area contributed by atoms with Crippen molar-refractivity contribution in [2.24, 2.45) is 11.7 Å². The Hall–Kier alpha value is -0.940. The lowest BCUT2D eigenvalue weighted by atomic mass is 9.85. The third-order valence-corrected chi connectivity index (χ3v) is 4.95. The Labute approximate surface area is 131 Å². The smallest absolute Gasteiger partial charge is 0.223 e. The maximum Gasteiger partial charge on any atom is 0.223 e. The van der Waals surface area contributed by atoms with Crippen LogP contribution < -0.4 is 11.1 Å². The van der Waals surface area contributed by atoms with Gasteiger partial charge >= 0.3 is 0 Å². The van der Waals surface area contributed by atoms with Crippen molar-refractivity contribution < 1.29 is 4.79 Å². The van der Waals surface area contributed by atoms with E-state index in [1.165, 1.54) is 0 Å². The van der Waals surface area contributed by atoms with Crippen LogP contribution in [0.15, 0.2) is 5.38 Å². The molecule has 1 heterocycles. The molecule has 3 N–H and O–H groups in total. The summed E-state index contributed by atoms with van der Waals surface area (Å²) in [6, 6.07) is 0.197. The van der Waals surface area contributed by atoms with Gasteiger partial charge in [-0.15, -0.1) is 11.3 Å². The average Bonchev–Trinajstić information content (AvgIpc) is 2.87. The van der Waals surface area contributed by atoms with Crippen molar-refractivity contribution in [2.45, 2.75) is 64.3 Å². The van der Waals surface area contributed by atoms with Gasteiger partial charge in [-0.3, -0.25) is 4.79 Å². The summed E-state index contributed by atoms with van der Waals surface area (Å²) in [5.41, 5.74) is 7.16. The number of hydrogen-bond acceptors (Lipinski definition) is 4. The number of nitrogens with zero attached hydrogens (tertiary/aromatic N) is 1. The number of amides is 1. The molecule has 0 bridgehead atoms. The van der Waals surface area contributed by atoms with Gasteiger partial charge in [0.15, 0.2) is 0 Å². The number of thiazole rings is 1. The fraction of sp³-hybridized carbons (Fsp3) is 0.750. The van der Waals surface area contributed by atoms with Gasteiger partial charge in [-0.25, -0.2) is 4.98 Å². The number of nitrogens with two attached hydrogens (primary N) is 1. The lowest BCUT2D eigenvalue weighted by Gasteiger charge is -2.25. The Bertz CT molecular complexity index is 478. The van der Waals surface area contributed by atoms with Crippen LogP contribution in [0.4, 0.5) is 0 Å². The molecule has 1 aromatic rings. The van der Waals surface area contributed by atoms with Gasteiger partial charge < -0.3 is 11.1 Å². The Morgan fingerprint density at radius 1 is 1.48 bits per heavy atom. The Balaban J connectivity index is 1.76. The Morgan fingerprint density at radius 2 is 2.24 bits per heavy atom. The molecule has 1 aromatic heterocycles. The van der Waals surface area contributed by atoms with Crippen LogP contribution in [-0.4, -0.2) is 23.5 Å². The number of nitrogens with one attached hydrogen (secondary N) is 1. The predicted octanol–water partition coefficient (Wildman–Crippen LogP) is 2.62. The molecule has 1 fully saturated rings. The number of hydrogen-bond donors (Lipinski definition) is 2. The second kappa shape index (κ2) is 6.88. The predicted molar refractivity (Wildman–Crippen MR) is 87.5 cm³/mol. The summed E-state index contributed by atoms with van der Waals surface area (Å²) in [5, 5.41) is 6.26. The van der Waals surface area contributed by atoms with E-state index < -0.39 is 0 Å². The molecule has 5 heteroatoms. The number of carbonyl (C=O) groups excluding carboxylic acids is 1. The second-order valence-electron chi connectivity index (χ2n) is 7.04. The van der Waals surface area contributed by atoms with Crippen LogP contribution in [0.3, 0.4) is 0 Å². The molecule has 0 saturated heterocycles. The van der Waals surface area contributed by atoms with Gasteiger partial charge in [-0.2, -0.15) is 0 Å². The first kappa shape index (κ1) is 16.4. The third-order valence-electron chi connectivity index (χ3n) is 4.04. The van der Waals surface area contributed by atoms with Crippen molar-refractivity contribution in [1.82, 2.24) is 10.3 Å². The molecule has 1 aliphatic rings. The molecule has 4 nitrogen and oxygen atoms in total. The summed E-state index contributed by atoms with van der Waals surface area (Å²) in [6.07, 6.45) is 4.74. The molecule has 2 atom stereocenters. The molecule has 0 aliphatic heterocycles. The molecule has 1 amide bonds. The lowest BCUT2D eigenvalue weighted by Crippen LogP contribution is -2.38. The normalized spacial score (nSPS) is 23.0. The molecule has 118 valence electrons. The first-order chi connectivity index (χ1) is 9.86. The number of aromatic nitrogens is 1. The van der Waals surface area contributed by atoms with Gasteiger partial charge in [0.2, 0.25) is 5.91 Å². The van der Waals surface area contributed by atoms with Gasteiger partial charge in [-0.1, -0.05) is 27.2 Å². The monoisotopic (exact) mass is 309 g/mol. The molecule has 21 heavy (non-hydrogen) atoms. The molecule has 0 radical (unpaired) electrons. The van der Waals surface area contributed by atoms with Crippen LogP contribution in [0.2, 0.25) is 0 Å². The SMILES string of the molecule is CC(C)(C)c1csc(CCNC(=O)C2CCCC(N)C2)n1.